The minimum Gasteiger partial charge on any atom is -0.397 e. The summed E-state index contributed by atoms with van der Waals surface area (Å²) in [7, 11) is 0. The van der Waals surface area contributed by atoms with E-state index in [-0.39, 0.29) is 18.4 Å². The van der Waals surface area contributed by atoms with Crippen LogP contribution in [-0.2, 0) is 11.3 Å². The van der Waals surface area contributed by atoms with Gasteiger partial charge in [-0.15, -0.1) is 0 Å². The molecule has 100 valence electrons. The van der Waals surface area contributed by atoms with E-state index >= 15 is 0 Å². The summed E-state index contributed by atoms with van der Waals surface area (Å²) < 4.78 is 1.85. The lowest BCUT2D eigenvalue weighted by Gasteiger charge is -2.11. The summed E-state index contributed by atoms with van der Waals surface area (Å²) in [5.74, 6) is 1.07. The molecule has 0 bridgehead atoms. The maximum atomic E-state index is 12.0. The second kappa shape index (κ2) is 5.56. The topological polar surface area (TPSA) is 72.9 Å². The average molecular weight is 258 g/mol. The van der Waals surface area contributed by atoms with Crippen molar-refractivity contribution in [3.05, 3.63) is 42.5 Å². The molecule has 1 heterocycles. The van der Waals surface area contributed by atoms with Gasteiger partial charge in [0.05, 0.1) is 11.4 Å². The number of amides is 1. The molecule has 0 aliphatic heterocycles. The van der Waals surface area contributed by atoms with E-state index in [1.54, 1.807) is 18.3 Å². The summed E-state index contributed by atoms with van der Waals surface area (Å²) in [6.07, 6.45) is 3.52. The number of anilines is 2. The predicted octanol–water partition coefficient (Wildman–Crippen LogP) is 2.23. The van der Waals surface area contributed by atoms with Gasteiger partial charge >= 0.3 is 0 Å². The molecule has 5 nitrogen and oxygen atoms in total. The van der Waals surface area contributed by atoms with Crippen molar-refractivity contribution in [2.24, 2.45) is 0 Å². The van der Waals surface area contributed by atoms with Gasteiger partial charge in [0, 0.05) is 18.3 Å². The van der Waals surface area contributed by atoms with Gasteiger partial charge in [-0.1, -0.05) is 26.0 Å². The Hall–Kier alpha value is -2.30. The molecule has 0 aliphatic rings. The third-order valence-corrected chi connectivity index (χ3v) is 2.81. The summed E-state index contributed by atoms with van der Waals surface area (Å²) in [5.41, 5.74) is 6.98. The van der Waals surface area contributed by atoms with E-state index in [2.05, 4.69) is 10.3 Å². The van der Waals surface area contributed by atoms with Gasteiger partial charge in [-0.2, -0.15) is 0 Å². The van der Waals surface area contributed by atoms with Crippen molar-refractivity contribution in [2.45, 2.75) is 26.3 Å². The van der Waals surface area contributed by atoms with E-state index in [4.69, 9.17) is 5.73 Å². The molecule has 1 amide bonds. The molecule has 2 rings (SSSR count). The first kappa shape index (κ1) is 13.1. The summed E-state index contributed by atoms with van der Waals surface area (Å²) in [4.78, 5) is 16.2. The van der Waals surface area contributed by atoms with Gasteiger partial charge in [0.25, 0.3) is 0 Å². The number of para-hydroxylation sites is 2. The van der Waals surface area contributed by atoms with Crippen LogP contribution in [0, 0.1) is 0 Å². The average Bonchev–Trinajstić information content (AvgIpc) is 2.80. The molecule has 0 fully saturated rings. The molecule has 0 spiro atoms. The van der Waals surface area contributed by atoms with Crippen molar-refractivity contribution in [1.82, 2.24) is 9.55 Å². The maximum Gasteiger partial charge on any atom is 0.244 e. The second-order valence-electron chi connectivity index (χ2n) is 4.70. The van der Waals surface area contributed by atoms with Gasteiger partial charge in [0.2, 0.25) is 5.91 Å². The summed E-state index contributed by atoms with van der Waals surface area (Å²) in [5, 5.41) is 2.80. The number of aromatic nitrogens is 2. The fourth-order valence-corrected chi connectivity index (χ4v) is 1.91. The lowest BCUT2D eigenvalue weighted by molar-refractivity contribution is -0.116. The van der Waals surface area contributed by atoms with Crippen LogP contribution in [0.2, 0.25) is 0 Å². The number of imidazole rings is 1. The Morgan fingerprint density at radius 3 is 2.84 bits per heavy atom. The Morgan fingerprint density at radius 2 is 2.16 bits per heavy atom. The fraction of sp³-hybridized carbons (Fsp3) is 0.286. The molecule has 0 atom stereocenters. The van der Waals surface area contributed by atoms with Gasteiger partial charge in [0.1, 0.15) is 12.4 Å². The first-order valence-electron chi connectivity index (χ1n) is 6.23. The van der Waals surface area contributed by atoms with Crippen LogP contribution in [0.3, 0.4) is 0 Å². The minimum atomic E-state index is -0.113. The molecule has 1 aromatic carbocycles. The van der Waals surface area contributed by atoms with Crippen molar-refractivity contribution in [2.75, 3.05) is 11.1 Å². The monoisotopic (exact) mass is 258 g/mol. The maximum absolute atomic E-state index is 12.0. The highest BCUT2D eigenvalue weighted by molar-refractivity contribution is 5.93. The zero-order chi connectivity index (χ0) is 13.8. The zero-order valence-electron chi connectivity index (χ0n) is 11.1. The van der Waals surface area contributed by atoms with Crippen LogP contribution in [0.5, 0.6) is 0 Å². The van der Waals surface area contributed by atoms with E-state index in [9.17, 15) is 4.79 Å². The second-order valence-corrected chi connectivity index (χ2v) is 4.70. The van der Waals surface area contributed by atoms with Crippen molar-refractivity contribution >= 4 is 17.3 Å². The number of nitrogens with one attached hydrogen (secondary N) is 1. The number of benzene rings is 1. The number of carbonyl (C=O) groups excluding carboxylic acids is 1. The van der Waals surface area contributed by atoms with Gasteiger partial charge < -0.3 is 15.6 Å². The summed E-state index contributed by atoms with van der Waals surface area (Å²) in [6, 6.07) is 7.21. The molecular weight excluding hydrogens is 240 g/mol. The summed E-state index contributed by atoms with van der Waals surface area (Å²) >= 11 is 0. The lowest BCUT2D eigenvalue weighted by Crippen LogP contribution is -2.20. The highest BCUT2D eigenvalue weighted by Crippen LogP contribution is 2.17. The molecule has 0 saturated heterocycles. The Labute approximate surface area is 112 Å². The van der Waals surface area contributed by atoms with Gasteiger partial charge in [-0.25, -0.2) is 4.98 Å². The van der Waals surface area contributed by atoms with Crippen LogP contribution in [-0.4, -0.2) is 15.5 Å². The van der Waals surface area contributed by atoms with Crippen LogP contribution < -0.4 is 11.1 Å². The minimum absolute atomic E-state index is 0.113. The molecular formula is C14H18N4O. The SMILES string of the molecule is CC(C)c1nccn1CC(=O)Nc1ccccc1N. The highest BCUT2D eigenvalue weighted by atomic mass is 16.1. The Bertz CT molecular complexity index is 574. The molecule has 0 saturated carbocycles. The number of hydrogen-bond donors (Lipinski definition) is 2. The fourth-order valence-electron chi connectivity index (χ4n) is 1.91. The van der Waals surface area contributed by atoms with Crippen molar-refractivity contribution < 1.29 is 4.79 Å². The number of nitrogen functional groups attached to an aromatic ring is 1. The first-order valence-corrected chi connectivity index (χ1v) is 6.23. The lowest BCUT2D eigenvalue weighted by atomic mass is 10.2. The molecule has 19 heavy (non-hydrogen) atoms. The van der Waals surface area contributed by atoms with E-state index in [0.717, 1.165) is 5.82 Å². The number of nitrogens with zero attached hydrogens (tertiary/aromatic N) is 2. The van der Waals surface area contributed by atoms with Crippen LogP contribution in [0.15, 0.2) is 36.7 Å². The van der Waals surface area contributed by atoms with E-state index in [1.165, 1.54) is 0 Å². The number of nitrogens with two attached hydrogens (primary N) is 1. The third-order valence-electron chi connectivity index (χ3n) is 2.81. The Morgan fingerprint density at radius 1 is 1.42 bits per heavy atom. The predicted molar refractivity (Wildman–Crippen MR) is 75.8 cm³/mol. The van der Waals surface area contributed by atoms with Crippen molar-refractivity contribution in [3.63, 3.8) is 0 Å². The number of carbonyl (C=O) groups is 1. The van der Waals surface area contributed by atoms with Crippen LogP contribution >= 0.6 is 0 Å². The van der Waals surface area contributed by atoms with Crippen LogP contribution in [0.25, 0.3) is 0 Å². The smallest absolute Gasteiger partial charge is 0.244 e. The van der Waals surface area contributed by atoms with Gasteiger partial charge in [-0.3, -0.25) is 4.79 Å². The van der Waals surface area contributed by atoms with Crippen molar-refractivity contribution in [1.29, 1.82) is 0 Å². The Balaban J connectivity index is 2.06. The third kappa shape index (κ3) is 3.13. The quantitative estimate of drug-likeness (QED) is 0.826. The first-order chi connectivity index (χ1) is 9.08. The molecule has 0 unspecified atom stereocenters. The van der Waals surface area contributed by atoms with Crippen LogP contribution in [0.1, 0.15) is 25.6 Å². The molecule has 3 N–H and O–H groups in total. The van der Waals surface area contributed by atoms with Gasteiger partial charge in [-0.05, 0) is 12.1 Å². The molecule has 0 aliphatic carbocycles. The highest BCUT2D eigenvalue weighted by Gasteiger charge is 2.11. The van der Waals surface area contributed by atoms with Gasteiger partial charge in [0.15, 0.2) is 0 Å². The van der Waals surface area contributed by atoms with E-state index in [1.807, 2.05) is 36.7 Å². The molecule has 2 aromatic rings. The van der Waals surface area contributed by atoms with E-state index in [0.29, 0.717) is 11.4 Å². The molecule has 5 heteroatoms. The Kier molecular flexibility index (Phi) is 3.85. The molecule has 1 aromatic heterocycles. The standard InChI is InChI=1S/C14H18N4O/c1-10(2)14-16-7-8-18(14)9-13(19)17-12-6-4-3-5-11(12)15/h3-8,10H,9,15H2,1-2H3,(H,17,19). The zero-order valence-corrected chi connectivity index (χ0v) is 11.1. The number of hydrogen-bond acceptors (Lipinski definition) is 3. The van der Waals surface area contributed by atoms with E-state index < -0.39 is 0 Å². The number of rotatable bonds is 4. The molecule has 0 radical (unpaired) electrons. The largest absolute Gasteiger partial charge is 0.397 e. The van der Waals surface area contributed by atoms with Crippen LogP contribution in [0.4, 0.5) is 11.4 Å². The normalized spacial score (nSPS) is 10.7. The summed E-state index contributed by atoms with van der Waals surface area (Å²) in [6.45, 7) is 4.33. The van der Waals surface area contributed by atoms with Crippen molar-refractivity contribution in [3.8, 4) is 0 Å².